The Balaban J connectivity index is 0. The molecule has 1 radical (unpaired) electrons. The maximum Gasteiger partial charge on any atom is 2.00 e. The monoisotopic (exact) mass is 316 g/mol. The zero-order valence-electron chi connectivity index (χ0n) is 8.61. The Labute approximate surface area is 103 Å². The fourth-order valence-corrected chi connectivity index (χ4v) is 2.86. The van der Waals surface area contributed by atoms with Crippen LogP contribution in [0.3, 0.4) is 0 Å². The Kier molecular flexibility index (Phi) is 7.24. The van der Waals surface area contributed by atoms with Crippen LogP contribution in [-0.2, 0) is 26.2 Å². The third-order valence-electron chi connectivity index (χ3n) is 1.80. The number of aliphatic hydroxyl groups is 1. The summed E-state index contributed by atoms with van der Waals surface area (Å²) in [6.07, 6.45) is -0.839. The van der Waals surface area contributed by atoms with Crippen molar-refractivity contribution in [2.45, 2.75) is 11.5 Å². The number of nitrogens with zero attached hydrogens (tertiary/aromatic N) is 1. The molecular formula is C5H13MnNO7P2. The second kappa shape index (κ2) is 6.07. The van der Waals surface area contributed by atoms with Gasteiger partial charge < -0.3 is 38.7 Å². The van der Waals surface area contributed by atoms with Gasteiger partial charge in [-0.05, 0) is 14.1 Å². The van der Waals surface area contributed by atoms with Crippen molar-refractivity contribution < 1.29 is 50.9 Å². The quantitative estimate of drug-likeness (QED) is 0.378. The van der Waals surface area contributed by atoms with Gasteiger partial charge in [-0.1, -0.05) is 0 Å². The van der Waals surface area contributed by atoms with Crippen molar-refractivity contribution >= 4 is 15.2 Å². The van der Waals surface area contributed by atoms with Crippen LogP contribution in [0.15, 0.2) is 0 Å². The molecule has 16 heavy (non-hydrogen) atoms. The second-order valence-corrected chi connectivity index (χ2v) is 7.28. The SMILES string of the molecule is CN(C)CCC(O)(P(=O)([O-])O)P(=O)([O-])O.[Mn+2]. The molecular weight excluding hydrogens is 303 g/mol. The molecule has 0 aromatic heterocycles. The third-order valence-corrected chi connectivity index (χ3v) is 5.57. The van der Waals surface area contributed by atoms with Gasteiger partial charge >= 0.3 is 17.1 Å². The summed E-state index contributed by atoms with van der Waals surface area (Å²) in [6.45, 7) is -0.143. The fourth-order valence-electron chi connectivity index (χ4n) is 0.816. The van der Waals surface area contributed by atoms with Crippen LogP contribution in [0.2, 0.25) is 0 Å². The summed E-state index contributed by atoms with van der Waals surface area (Å²) in [4.78, 5) is 39.9. The van der Waals surface area contributed by atoms with E-state index < -0.39 is 26.7 Å². The summed E-state index contributed by atoms with van der Waals surface area (Å²) in [6, 6.07) is 0. The van der Waals surface area contributed by atoms with E-state index in [9.17, 15) is 24.0 Å². The largest absolute Gasteiger partial charge is 2.00 e. The number of rotatable bonds is 5. The first-order chi connectivity index (χ1) is 6.42. The van der Waals surface area contributed by atoms with E-state index in [-0.39, 0.29) is 23.6 Å². The van der Waals surface area contributed by atoms with Crippen LogP contribution < -0.4 is 9.79 Å². The molecule has 11 heteroatoms. The van der Waals surface area contributed by atoms with Crippen LogP contribution in [0.25, 0.3) is 0 Å². The Morgan fingerprint density at radius 1 is 1.19 bits per heavy atom. The minimum absolute atomic E-state index is 0. The van der Waals surface area contributed by atoms with E-state index in [1.807, 2.05) is 0 Å². The number of hydrogen-bond acceptors (Lipinski definition) is 6. The van der Waals surface area contributed by atoms with E-state index in [1.54, 1.807) is 0 Å². The molecule has 0 spiro atoms. The van der Waals surface area contributed by atoms with Gasteiger partial charge in [0, 0.05) is 13.0 Å². The van der Waals surface area contributed by atoms with Gasteiger partial charge in [0.1, 0.15) is 0 Å². The molecule has 0 saturated carbocycles. The van der Waals surface area contributed by atoms with Gasteiger partial charge in [-0.2, -0.15) is 0 Å². The molecule has 0 fully saturated rings. The zero-order valence-corrected chi connectivity index (χ0v) is 11.6. The third kappa shape index (κ3) is 4.55. The minimum Gasteiger partial charge on any atom is -0.776 e. The Morgan fingerprint density at radius 3 is 1.69 bits per heavy atom. The summed E-state index contributed by atoms with van der Waals surface area (Å²) >= 11 is 0. The van der Waals surface area contributed by atoms with Gasteiger partial charge in [0.05, 0.1) is 0 Å². The van der Waals surface area contributed by atoms with E-state index in [0.29, 0.717) is 0 Å². The summed E-state index contributed by atoms with van der Waals surface area (Å²) in [5.41, 5.74) is 0. The molecule has 2 unspecified atom stereocenters. The molecule has 0 bridgehead atoms. The fraction of sp³-hybridized carbons (Fsp3) is 1.00. The van der Waals surface area contributed by atoms with Crippen molar-refractivity contribution in [1.29, 1.82) is 0 Å². The van der Waals surface area contributed by atoms with Crippen LogP contribution in [0, 0.1) is 0 Å². The van der Waals surface area contributed by atoms with Crippen LogP contribution in [0.1, 0.15) is 6.42 Å². The maximum atomic E-state index is 10.7. The summed E-state index contributed by atoms with van der Waals surface area (Å²) in [5.74, 6) is 0. The van der Waals surface area contributed by atoms with Crippen molar-refractivity contribution in [3.8, 4) is 0 Å². The smallest absolute Gasteiger partial charge is 0.776 e. The molecule has 0 aromatic carbocycles. The normalized spacial score (nSPS) is 22.8. The molecule has 0 amide bonds. The Morgan fingerprint density at radius 2 is 1.50 bits per heavy atom. The Hall–Kier alpha value is 0.739. The Bertz CT molecular complexity index is 288. The molecule has 0 heterocycles. The van der Waals surface area contributed by atoms with E-state index >= 15 is 0 Å². The zero-order chi connectivity index (χ0) is 12.5. The van der Waals surface area contributed by atoms with E-state index in [0.717, 1.165) is 0 Å². The first-order valence-corrected chi connectivity index (χ1v) is 7.02. The van der Waals surface area contributed by atoms with Gasteiger partial charge in [0.2, 0.25) is 0 Å². The molecule has 3 N–H and O–H groups in total. The molecule has 8 nitrogen and oxygen atoms in total. The summed E-state index contributed by atoms with van der Waals surface area (Å²) in [7, 11) is -8.22. The molecule has 2 atom stereocenters. The van der Waals surface area contributed by atoms with Crippen molar-refractivity contribution in [3.05, 3.63) is 0 Å². The van der Waals surface area contributed by atoms with Gasteiger partial charge in [-0.15, -0.1) is 0 Å². The maximum absolute atomic E-state index is 10.7. The van der Waals surface area contributed by atoms with Crippen molar-refractivity contribution in [2.75, 3.05) is 20.6 Å². The molecule has 0 aliphatic heterocycles. The molecule has 0 aliphatic carbocycles. The van der Waals surface area contributed by atoms with E-state index in [2.05, 4.69) is 0 Å². The number of hydrogen-bond donors (Lipinski definition) is 3. The first-order valence-electron chi connectivity index (χ1n) is 3.87. The average molecular weight is 316 g/mol. The average Bonchev–Trinajstić information content (AvgIpc) is 1.95. The van der Waals surface area contributed by atoms with Crippen LogP contribution in [-0.4, -0.2) is 45.5 Å². The predicted molar refractivity (Wildman–Crippen MR) is 47.8 cm³/mol. The molecule has 0 aromatic rings. The predicted octanol–water partition coefficient (Wildman–Crippen LogP) is -2.33. The van der Waals surface area contributed by atoms with Crippen molar-refractivity contribution in [3.63, 3.8) is 0 Å². The molecule has 0 rings (SSSR count). The molecule has 97 valence electrons. The minimum atomic E-state index is -5.61. The van der Waals surface area contributed by atoms with Gasteiger partial charge in [-0.25, -0.2) is 0 Å². The van der Waals surface area contributed by atoms with Crippen molar-refractivity contribution in [1.82, 2.24) is 4.90 Å². The van der Waals surface area contributed by atoms with Crippen LogP contribution >= 0.6 is 15.2 Å². The standard InChI is InChI=1S/C5H15NO7P2.Mn/c1-6(2)4-3-5(7,14(8,9)10)15(11,12)13;/h7H,3-4H2,1-2H3,(H2,8,9,10)(H2,11,12,13);/q;+2/p-2. The van der Waals surface area contributed by atoms with Crippen LogP contribution in [0.5, 0.6) is 0 Å². The molecule has 0 aliphatic rings. The van der Waals surface area contributed by atoms with Crippen LogP contribution in [0.4, 0.5) is 0 Å². The summed E-state index contributed by atoms with van der Waals surface area (Å²) < 4.78 is 21.4. The topological polar surface area (TPSA) is 144 Å². The second-order valence-electron chi connectivity index (χ2n) is 3.37. The first kappa shape index (κ1) is 19.1. The van der Waals surface area contributed by atoms with Gasteiger partial charge in [0.15, 0.2) is 20.3 Å². The van der Waals surface area contributed by atoms with Crippen molar-refractivity contribution in [2.24, 2.45) is 0 Å². The summed E-state index contributed by atoms with van der Waals surface area (Å²) in [5, 5.41) is 5.73. The van der Waals surface area contributed by atoms with Gasteiger partial charge in [-0.3, -0.25) is 0 Å². The van der Waals surface area contributed by atoms with E-state index in [4.69, 9.17) is 9.79 Å². The van der Waals surface area contributed by atoms with E-state index in [1.165, 1.54) is 19.0 Å². The molecule has 0 saturated heterocycles. The van der Waals surface area contributed by atoms with Gasteiger partial charge in [0.25, 0.3) is 0 Å².